The van der Waals surface area contributed by atoms with E-state index < -0.39 is 0 Å². The van der Waals surface area contributed by atoms with E-state index in [1.54, 1.807) is 0 Å². The molecule has 108 valence electrons. The van der Waals surface area contributed by atoms with Gasteiger partial charge in [0.1, 0.15) is 0 Å². The summed E-state index contributed by atoms with van der Waals surface area (Å²) in [6.07, 6.45) is 10.4. The lowest BCUT2D eigenvalue weighted by Gasteiger charge is -2.18. The third kappa shape index (κ3) is 3.76. The number of halogens is 1. The van der Waals surface area contributed by atoms with Gasteiger partial charge in [-0.15, -0.1) is 0 Å². The molecule has 1 aliphatic rings. The van der Waals surface area contributed by atoms with Crippen LogP contribution >= 0.6 is 22.6 Å². The highest BCUT2D eigenvalue weighted by Crippen LogP contribution is 2.34. The van der Waals surface area contributed by atoms with Crippen LogP contribution in [0.5, 0.6) is 0 Å². The van der Waals surface area contributed by atoms with Crippen LogP contribution in [-0.2, 0) is 0 Å². The molecule has 0 spiro atoms. The summed E-state index contributed by atoms with van der Waals surface area (Å²) in [5.74, 6) is 0. The zero-order valence-electron chi connectivity index (χ0n) is 12.3. The van der Waals surface area contributed by atoms with Gasteiger partial charge < -0.3 is 5.73 Å². The van der Waals surface area contributed by atoms with Gasteiger partial charge in [0.05, 0.1) is 0 Å². The summed E-state index contributed by atoms with van der Waals surface area (Å²) in [5, 5.41) is 0. The molecule has 0 radical (unpaired) electrons. The predicted molar refractivity (Wildman–Crippen MR) is 101 cm³/mol. The molecular weight excluding hydrogens is 369 g/mol. The summed E-state index contributed by atoms with van der Waals surface area (Å²) in [6.45, 7) is 6.00. The number of benzene rings is 1. The number of rotatable bonds is 4. The van der Waals surface area contributed by atoms with Crippen molar-refractivity contribution in [2.45, 2.75) is 19.8 Å². The zero-order valence-corrected chi connectivity index (χ0v) is 14.4. The van der Waals surface area contributed by atoms with E-state index in [4.69, 9.17) is 5.73 Å². The molecule has 0 saturated carbocycles. The van der Waals surface area contributed by atoms with Gasteiger partial charge in [0.15, 0.2) is 0 Å². The van der Waals surface area contributed by atoms with Gasteiger partial charge in [-0.2, -0.15) is 0 Å². The summed E-state index contributed by atoms with van der Waals surface area (Å²) in [5.41, 5.74) is 11.7. The van der Waals surface area contributed by atoms with Crippen LogP contribution in [0.3, 0.4) is 0 Å². The first kappa shape index (κ1) is 15.8. The summed E-state index contributed by atoms with van der Waals surface area (Å²) >= 11 is 2.41. The Bertz CT molecular complexity index is 645. The maximum absolute atomic E-state index is 6.20. The Morgan fingerprint density at radius 1 is 1.24 bits per heavy atom. The smallest absolute Gasteiger partial charge is 0.0360 e. The second kappa shape index (κ2) is 7.46. The molecule has 0 saturated heterocycles. The van der Waals surface area contributed by atoms with Crippen LogP contribution < -0.4 is 5.73 Å². The molecule has 0 unspecified atom stereocenters. The summed E-state index contributed by atoms with van der Waals surface area (Å²) < 4.78 is 1.33. The SMILES string of the molecule is C=C/C(=C\C(=C/C)C1=C(I)CCC=C1N)c1ccccc1. The van der Waals surface area contributed by atoms with E-state index in [1.807, 2.05) is 24.3 Å². The molecule has 1 nitrogen and oxygen atoms in total. The molecule has 2 rings (SSSR count). The minimum atomic E-state index is 0.881. The molecular formula is C19H20IN. The van der Waals surface area contributed by atoms with Crippen LogP contribution in [0.2, 0.25) is 0 Å². The molecule has 0 amide bonds. The van der Waals surface area contributed by atoms with Crippen molar-refractivity contribution < 1.29 is 0 Å². The van der Waals surface area contributed by atoms with Crippen LogP contribution in [0.15, 0.2) is 81.6 Å². The highest BCUT2D eigenvalue weighted by molar-refractivity contribution is 14.1. The topological polar surface area (TPSA) is 26.0 Å². The van der Waals surface area contributed by atoms with Crippen LogP contribution in [0.25, 0.3) is 5.57 Å². The van der Waals surface area contributed by atoms with Crippen LogP contribution in [0.4, 0.5) is 0 Å². The molecule has 1 aliphatic carbocycles. The van der Waals surface area contributed by atoms with Crippen molar-refractivity contribution in [1.29, 1.82) is 0 Å². The minimum Gasteiger partial charge on any atom is -0.398 e. The van der Waals surface area contributed by atoms with Crippen molar-refractivity contribution in [3.05, 3.63) is 87.2 Å². The van der Waals surface area contributed by atoms with Crippen molar-refractivity contribution in [1.82, 2.24) is 0 Å². The first-order valence-corrected chi connectivity index (χ1v) is 8.16. The van der Waals surface area contributed by atoms with E-state index in [0.29, 0.717) is 0 Å². The quantitative estimate of drug-likeness (QED) is 0.532. The van der Waals surface area contributed by atoms with Gasteiger partial charge in [0, 0.05) is 14.8 Å². The molecule has 1 aromatic rings. The summed E-state index contributed by atoms with van der Waals surface area (Å²) in [6, 6.07) is 10.3. The van der Waals surface area contributed by atoms with E-state index in [1.165, 1.54) is 14.7 Å². The van der Waals surface area contributed by atoms with E-state index in [-0.39, 0.29) is 0 Å². The Balaban J connectivity index is 2.45. The lowest BCUT2D eigenvalue weighted by molar-refractivity contribution is 0.982. The molecule has 0 fully saturated rings. The van der Waals surface area contributed by atoms with E-state index >= 15 is 0 Å². The Morgan fingerprint density at radius 3 is 2.52 bits per heavy atom. The third-order valence-electron chi connectivity index (χ3n) is 3.53. The van der Waals surface area contributed by atoms with Gasteiger partial charge in [-0.25, -0.2) is 0 Å². The second-order valence-corrected chi connectivity index (χ2v) is 6.19. The monoisotopic (exact) mass is 389 g/mol. The van der Waals surface area contributed by atoms with Crippen LogP contribution in [-0.4, -0.2) is 0 Å². The molecule has 1 aromatic carbocycles. The lowest BCUT2D eigenvalue weighted by Crippen LogP contribution is -2.08. The molecule has 0 heterocycles. The zero-order chi connectivity index (χ0) is 15.2. The second-order valence-electron chi connectivity index (χ2n) is 4.89. The minimum absolute atomic E-state index is 0.881. The Labute approximate surface area is 140 Å². The van der Waals surface area contributed by atoms with Crippen molar-refractivity contribution in [2.24, 2.45) is 5.73 Å². The van der Waals surface area contributed by atoms with E-state index in [9.17, 15) is 0 Å². The average Bonchev–Trinajstić information content (AvgIpc) is 2.51. The number of allylic oxidation sites excluding steroid dienone is 7. The molecule has 2 N–H and O–H groups in total. The van der Waals surface area contributed by atoms with Crippen molar-refractivity contribution in [3.8, 4) is 0 Å². The molecule has 0 atom stereocenters. The standard InChI is InChI=1S/C19H20IN/c1-3-14(16-9-6-5-7-10-16)13-15(4-2)19-17(20)11-8-12-18(19)21/h3-7,9-10,12-13H,1,8,11,21H2,2H3/b14-13+,15-4+. The highest BCUT2D eigenvalue weighted by atomic mass is 127. The van der Waals surface area contributed by atoms with E-state index in [2.05, 4.69) is 66.5 Å². The number of nitrogens with two attached hydrogens (primary N) is 1. The highest BCUT2D eigenvalue weighted by Gasteiger charge is 2.15. The first-order chi connectivity index (χ1) is 10.2. The van der Waals surface area contributed by atoms with Crippen molar-refractivity contribution >= 4 is 28.2 Å². The average molecular weight is 389 g/mol. The predicted octanol–water partition coefficient (Wildman–Crippen LogP) is 5.53. The summed E-state index contributed by atoms with van der Waals surface area (Å²) in [7, 11) is 0. The third-order valence-corrected chi connectivity index (χ3v) is 4.60. The fourth-order valence-corrected chi connectivity index (χ4v) is 3.35. The molecule has 0 bridgehead atoms. The largest absolute Gasteiger partial charge is 0.398 e. The van der Waals surface area contributed by atoms with Gasteiger partial charge in [0.25, 0.3) is 0 Å². The van der Waals surface area contributed by atoms with Gasteiger partial charge in [-0.1, -0.05) is 55.1 Å². The molecule has 2 heteroatoms. The van der Waals surface area contributed by atoms with Gasteiger partial charge >= 0.3 is 0 Å². The van der Waals surface area contributed by atoms with Crippen molar-refractivity contribution in [2.75, 3.05) is 0 Å². The first-order valence-electron chi connectivity index (χ1n) is 7.08. The Morgan fingerprint density at radius 2 is 1.95 bits per heavy atom. The van der Waals surface area contributed by atoms with Crippen LogP contribution in [0.1, 0.15) is 25.3 Å². The Kier molecular flexibility index (Phi) is 5.62. The lowest BCUT2D eigenvalue weighted by atomic mass is 9.93. The van der Waals surface area contributed by atoms with Gasteiger partial charge in [-0.05, 0) is 65.1 Å². The maximum Gasteiger partial charge on any atom is 0.0360 e. The van der Waals surface area contributed by atoms with Gasteiger partial charge in [0.2, 0.25) is 0 Å². The maximum atomic E-state index is 6.20. The molecule has 0 aliphatic heterocycles. The summed E-state index contributed by atoms with van der Waals surface area (Å²) in [4.78, 5) is 0. The fraction of sp³-hybridized carbons (Fsp3) is 0.158. The number of hydrogen-bond donors (Lipinski definition) is 1. The van der Waals surface area contributed by atoms with Crippen molar-refractivity contribution in [3.63, 3.8) is 0 Å². The van der Waals surface area contributed by atoms with E-state index in [0.717, 1.165) is 29.7 Å². The Hall–Kier alpha value is -1.55. The van der Waals surface area contributed by atoms with Crippen LogP contribution in [0, 0.1) is 0 Å². The fourth-order valence-electron chi connectivity index (χ4n) is 2.42. The number of hydrogen-bond acceptors (Lipinski definition) is 1. The normalized spacial score (nSPS) is 16.8. The molecule has 0 aromatic heterocycles. The van der Waals surface area contributed by atoms with Gasteiger partial charge in [-0.3, -0.25) is 0 Å². The molecule has 21 heavy (non-hydrogen) atoms.